The lowest BCUT2D eigenvalue weighted by atomic mass is 9.89. The van der Waals surface area contributed by atoms with E-state index in [-0.39, 0.29) is 5.54 Å². The van der Waals surface area contributed by atoms with E-state index in [4.69, 9.17) is 5.73 Å². The molecule has 1 saturated carbocycles. The van der Waals surface area contributed by atoms with Gasteiger partial charge in [-0.3, -0.25) is 4.98 Å². The maximum absolute atomic E-state index is 6.44. The summed E-state index contributed by atoms with van der Waals surface area (Å²) in [6.45, 7) is 2.27. The highest BCUT2D eigenvalue weighted by molar-refractivity contribution is 5.15. The van der Waals surface area contributed by atoms with Crippen LogP contribution in [-0.2, 0) is 6.42 Å². The predicted octanol–water partition coefficient (Wildman–Crippen LogP) is 2.53. The Labute approximate surface area is 91.9 Å². The summed E-state index contributed by atoms with van der Waals surface area (Å²) in [5.74, 6) is 0.844. The van der Waals surface area contributed by atoms with Crippen molar-refractivity contribution in [2.45, 2.75) is 44.6 Å². The van der Waals surface area contributed by atoms with E-state index in [9.17, 15) is 0 Å². The Balaban J connectivity index is 2.00. The second-order valence-corrected chi connectivity index (χ2v) is 4.91. The van der Waals surface area contributed by atoms with Gasteiger partial charge >= 0.3 is 0 Å². The van der Waals surface area contributed by atoms with Crippen LogP contribution in [0.4, 0.5) is 0 Å². The van der Waals surface area contributed by atoms with Crippen molar-refractivity contribution < 1.29 is 0 Å². The molecule has 0 amide bonds. The number of aromatic nitrogens is 1. The van der Waals surface area contributed by atoms with E-state index < -0.39 is 0 Å². The van der Waals surface area contributed by atoms with Crippen LogP contribution >= 0.6 is 0 Å². The van der Waals surface area contributed by atoms with Crippen LogP contribution in [0.2, 0.25) is 0 Å². The minimum atomic E-state index is 0.0437. The van der Waals surface area contributed by atoms with Crippen molar-refractivity contribution in [2.24, 2.45) is 11.7 Å². The van der Waals surface area contributed by atoms with Gasteiger partial charge in [0, 0.05) is 17.9 Å². The molecule has 2 atom stereocenters. The first kappa shape index (κ1) is 10.6. The number of pyridine rings is 1. The zero-order chi connectivity index (χ0) is 10.7. The summed E-state index contributed by atoms with van der Waals surface area (Å²) in [7, 11) is 0. The van der Waals surface area contributed by atoms with E-state index in [2.05, 4.69) is 24.0 Å². The molecule has 1 aromatic heterocycles. The molecule has 1 aliphatic carbocycles. The zero-order valence-electron chi connectivity index (χ0n) is 9.45. The van der Waals surface area contributed by atoms with Gasteiger partial charge < -0.3 is 5.73 Å². The van der Waals surface area contributed by atoms with Crippen LogP contribution in [0.3, 0.4) is 0 Å². The average molecular weight is 204 g/mol. The molecule has 0 aromatic carbocycles. The maximum Gasteiger partial charge on any atom is 0.0270 e. The summed E-state index contributed by atoms with van der Waals surface area (Å²) >= 11 is 0. The largest absolute Gasteiger partial charge is 0.325 e. The molecule has 0 spiro atoms. The van der Waals surface area contributed by atoms with Gasteiger partial charge in [0.1, 0.15) is 0 Å². The van der Waals surface area contributed by atoms with E-state index in [1.807, 2.05) is 12.4 Å². The lowest BCUT2D eigenvalue weighted by Crippen LogP contribution is -2.39. The van der Waals surface area contributed by atoms with Crippen LogP contribution in [0.1, 0.15) is 38.2 Å². The Morgan fingerprint density at radius 2 is 2.20 bits per heavy atom. The molecule has 2 heteroatoms. The SMILES string of the molecule is CCC1CCC(N)(Cc2ccncc2)C1. The number of hydrogen-bond acceptors (Lipinski definition) is 2. The molecule has 2 N–H and O–H groups in total. The summed E-state index contributed by atoms with van der Waals surface area (Å²) in [5, 5.41) is 0. The van der Waals surface area contributed by atoms with Crippen LogP contribution in [0, 0.1) is 5.92 Å². The molecular weight excluding hydrogens is 184 g/mol. The molecular formula is C13H20N2. The Kier molecular flexibility index (Phi) is 3.06. The molecule has 2 rings (SSSR count). The molecule has 2 nitrogen and oxygen atoms in total. The maximum atomic E-state index is 6.44. The summed E-state index contributed by atoms with van der Waals surface area (Å²) in [5.41, 5.74) is 7.80. The molecule has 0 aliphatic heterocycles. The molecule has 0 radical (unpaired) electrons. The topological polar surface area (TPSA) is 38.9 Å². The Morgan fingerprint density at radius 1 is 1.47 bits per heavy atom. The fourth-order valence-electron chi connectivity index (χ4n) is 2.69. The Bertz CT molecular complexity index is 310. The lowest BCUT2D eigenvalue weighted by Gasteiger charge is -2.24. The van der Waals surface area contributed by atoms with Crippen LogP contribution in [0.15, 0.2) is 24.5 Å². The fourth-order valence-corrected chi connectivity index (χ4v) is 2.69. The van der Waals surface area contributed by atoms with Gasteiger partial charge in [0.2, 0.25) is 0 Å². The van der Waals surface area contributed by atoms with Gasteiger partial charge in [0.25, 0.3) is 0 Å². The number of rotatable bonds is 3. The highest BCUT2D eigenvalue weighted by Crippen LogP contribution is 2.36. The smallest absolute Gasteiger partial charge is 0.0270 e. The molecule has 0 saturated heterocycles. The Morgan fingerprint density at radius 3 is 2.80 bits per heavy atom. The van der Waals surface area contributed by atoms with Gasteiger partial charge in [-0.1, -0.05) is 13.3 Å². The molecule has 82 valence electrons. The average Bonchev–Trinajstić information content (AvgIpc) is 2.61. The molecule has 1 aliphatic rings. The van der Waals surface area contributed by atoms with E-state index in [1.54, 1.807) is 0 Å². The molecule has 0 bridgehead atoms. The summed E-state index contributed by atoms with van der Waals surface area (Å²) in [6.07, 6.45) is 9.65. The molecule has 15 heavy (non-hydrogen) atoms. The van der Waals surface area contributed by atoms with Crippen molar-refractivity contribution in [3.05, 3.63) is 30.1 Å². The fraction of sp³-hybridized carbons (Fsp3) is 0.615. The molecule has 1 aromatic rings. The standard InChI is InChI=1S/C13H20N2/c1-2-11-3-6-13(14,9-11)10-12-4-7-15-8-5-12/h4-5,7-8,11H,2-3,6,9-10,14H2,1H3. The molecule has 2 unspecified atom stereocenters. The van der Waals surface area contributed by atoms with Crippen molar-refractivity contribution in [3.8, 4) is 0 Å². The van der Waals surface area contributed by atoms with Crippen LogP contribution in [0.5, 0.6) is 0 Å². The van der Waals surface area contributed by atoms with Crippen LogP contribution in [-0.4, -0.2) is 10.5 Å². The summed E-state index contributed by atoms with van der Waals surface area (Å²) in [6, 6.07) is 4.15. The lowest BCUT2D eigenvalue weighted by molar-refractivity contribution is 0.407. The van der Waals surface area contributed by atoms with E-state index in [1.165, 1.54) is 31.2 Å². The minimum Gasteiger partial charge on any atom is -0.325 e. The van der Waals surface area contributed by atoms with Gasteiger partial charge in [0.05, 0.1) is 0 Å². The van der Waals surface area contributed by atoms with Crippen molar-refractivity contribution in [1.82, 2.24) is 4.98 Å². The quantitative estimate of drug-likeness (QED) is 0.821. The normalized spacial score (nSPS) is 30.7. The van der Waals surface area contributed by atoms with Crippen molar-refractivity contribution in [2.75, 3.05) is 0 Å². The minimum absolute atomic E-state index is 0.0437. The first-order valence-corrected chi connectivity index (χ1v) is 5.90. The second kappa shape index (κ2) is 4.31. The van der Waals surface area contributed by atoms with Gasteiger partial charge in [0.15, 0.2) is 0 Å². The van der Waals surface area contributed by atoms with Gasteiger partial charge in [-0.05, 0) is 49.3 Å². The first-order chi connectivity index (χ1) is 7.22. The van der Waals surface area contributed by atoms with E-state index >= 15 is 0 Å². The van der Waals surface area contributed by atoms with Crippen LogP contribution < -0.4 is 5.73 Å². The molecule has 1 fully saturated rings. The third kappa shape index (κ3) is 2.57. The zero-order valence-corrected chi connectivity index (χ0v) is 9.45. The third-order valence-corrected chi connectivity index (χ3v) is 3.63. The number of hydrogen-bond donors (Lipinski definition) is 1. The highest BCUT2D eigenvalue weighted by atomic mass is 14.8. The van der Waals surface area contributed by atoms with Crippen molar-refractivity contribution >= 4 is 0 Å². The Hall–Kier alpha value is -0.890. The monoisotopic (exact) mass is 204 g/mol. The third-order valence-electron chi connectivity index (χ3n) is 3.63. The van der Waals surface area contributed by atoms with Crippen LogP contribution in [0.25, 0.3) is 0 Å². The van der Waals surface area contributed by atoms with Crippen molar-refractivity contribution in [3.63, 3.8) is 0 Å². The highest BCUT2D eigenvalue weighted by Gasteiger charge is 2.34. The van der Waals surface area contributed by atoms with Gasteiger partial charge in [-0.15, -0.1) is 0 Å². The second-order valence-electron chi connectivity index (χ2n) is 4.91. The predicted molar refractivity (Wildman–Crippen MR) is 62.5 cm³/mol. The van der Waals surface area contributed by atoms with E-state index in [0.717, 1.165) is 12.3 Å². The van der Waals surface area contributed by atoms with Gasteiger partial charge in [-0.2, -0.15) is 0 Å². The summed E-state index contributed by atoms with van der Waals surface area (Å²) in [4.78, 5) is 4.03. The van der Waals surface area contributed by atoms with E-state index in [0.29, 0.717) is 0 Å². The number of nitrogens with zero attached hydrogens (tertiary/aromatic N) is 1. The molecule has 1 heterocycles. The number of nitrogens with two attached hydrogens (primary N) is 1. The van der Waals surface area contributed by atoms with Crippen molar-refractivity contribution in [1.29, 1.82) is 0 Å². The van der Waals surface area contributed by atoms with Gasteiger partial charge in [-0.25, -0.2) is 0 Å². The first-order valence-electron chi connectivity index (χ1n) is 5.90. The summed E-state index contributed by atoms with van der Waals surface area (Å²) < 4.78 is 0.